The van der Waals surface area contributed by atoms with Gasteiger partial charge in [-0.25, -0.2) is 9.07 Å². The molecule has 0 bridgehead atoms. The summed E-state index contributed by atoms with van der Waals surface area (Å²) in [5.41, 5.74) is 2.53. The van der Waals surface area contributed by atoms with Gasteiger partial charge in [-0.2, -0.15) is 5.10 Å². The number of hydrogen-bond acceptors (Lipinski definition) is 5. The summed E-state index contributed by atoms with van der Waals surface area (Å²) in [6, 6.07) is 16.1. The van der Waals surface area contributed by atoms with Crippen LogP contribution in [0.15, 0.2) is 54.6 Å². The van der Waals surface area contributed by atoms with Crippen LogP contribution in [0.4, 0.5) is 4.39 Å². The molecule has 0 aliphatic heterocycles. The highest BCUT2D eigenvalue weighted by Gasteiger charge is 2.28. The molecule has 1 aliphatic rings. The standard InChI is InChI=1S/C26H32FN3O3/c1-3-32-18-22(31)16-29(15-20-13-14-20)17-23-19(2)28-30(21-9-5-4-6-10-21)26(23)33-25-12-8-7-11-24(25)27/h4-12,20,22,31H,3,13-18H2,1-2H3/t22-/m1/s1. The number of halogens is 1. The number of ether oxygens (including phenoxy) is 2. The zero-order chi connectivity index (χ0) is 23.2. The molecule has 1 N–H and O–H groups in total. The summed E-state index contributed by atoms with van der Waals surface area (Å²) >= 11 is 0. The minimum absolute atomic E-state index is 0.154. The molecule has 176 valence electrons. The molecule has 0 radical (unpaired) electrons. The summed E-state index contributed by atoms with van der Waals surface area (Å²) in [6.07, 6.45) is 1.83. The van der Waals surface area contributed by atoms with Crippen molar-refractivity contribution in [1.29, 1.82) is 0 Å². The van der Waals surface area contributed by atoms with Gasteiger partial charge in [-0.15, -0.1) is 0 Å². The number of hydrogen-bond donors (Lipinski definition) is 1. The number of aliphatic hydroxyl groups is 1. The molecule has 1 atom stereocenters. The lowest BCUT2D eigenvalue weighted by molar-refractivity contribution is 0.0186. The quantitative estimate of drug-likeness (QED) is 0.430. The van der Waals surface area contributed by atoms with E-state index in [1.165, 1.54) is 18.9 Å². The Morgan fingerprint density at radius 1 is 1.15 bits per heavy atom. The first-order chi connectivity index (χ1) is 16.0. The molecule has 0 saturated heterocycles. The van der Waals surface area contributed by atoms with Crippen molar-refractivity contribution in [1.82, 2.24) is 14.7 Å². The first-order valence-electron chi connectivity index (χ1n) is 11.6. The average molecular weight is 454 g/mol. The Bertz CT molecular complexity index is 1040. The van der Waals surface area contributed by atoms with E-state index in [4.69, 9.17) is 14.6 Å². The zero-order valence-corrected chi connectivity index (χ0v) is 19.3. The van der Waals surface area contributed by atoms with Crippen molar-refractivity contribution >= 4 is 0 Å². The van der Waals surface area contributed by atoms with E-state index in [0.717, 1.165) is 23.5 Å². The van der Waals surface area contributed by atoms with Gasteiger partial charge in [-0.1, -0.05) is 30.3 Å². The summed E-state index contributed by atoms with van der Waals surface area (Å²) < 4.78 is 27.8. The van der Waals surface area contributed by atoms with Crippen molar-refractivity contribution in [3.05, 3.63) is 71.7 Å². The van der Waals surface area contributed by atoms with Crippen LogP contribution in [0.2, 0.25) is 0 Å². The summed E-state index contributed by atoms with van der Waals surface area (Å²) in [6.45, 7) is 6.66. The second kappa shape index (κ2) is 10.9. The smallest absolute Gasteiger partial charge is 0.227 e. The van der Waals surface area contributed by atoms with Crippen LogP contribution in [0.3, 0.4) is 0 Å². The van der Waals surface area contributed by atoms with Gasteiger partial charge in [0, 0.05) is 26.2 Å². The fourth-order valence-electron chi connectivity index (χ4n) is 3.90. The maximum Gasteiger partial charge on any atom is 0.227 e. The van der Waals surface area contributed by atoms with Crippen LogP contribution >= 0.6 is 0 Å². The van der Waals surface area contributed by atoms with Crippen molar-refractivity contribution in [2.24, 2.45) is 5.92 Å². The summed E-state index contributed by atoms with van der Waals surface area (Å²) in [5, 5.41) is 15.2. The van der Waals surface area contributed by atoms with Crippen molar-refractivity contribution in [3.8, 4) is 17.3 Å². The third kappa shape index (κ3) is 6.19. The van der Waals surface area contributed by atoms with E-state index in [1.807, 2.05) is 44.2 Å². The van der Waals surface area contributed by atoms with Gasteiger partial charge in [0.1, 0.15) is 0 Å². The molecule has 4 rings (SSSR count). The van der Waals surface area contributed by atoms with Crippen molar-refractivity contribution in [2.75, 3.05) is 26.3 Å². The monoisotopic (exact) mass is 453 g/mol. The molecule has 7 heteroatoms. The molecule has 6 nitrogen and oxygen atoms in total. The number of benzene rings is 2. The van der Waals surface area contributed by atoms with E-state index in [2.05, 4.69) is 4.90 Å². The molecule has 1 aliphatic carbocycles. The third-order valence-corrected chi connectivity index (χ3v) is 5.76. The van der Waals surface area contributed by atoms with Gasteiger partial charge in [0.2, 0.25) is 5.88 Å². The number of nitrogens with zero attached hydrogens (tertiary/aromatic N) is 3. The van der Waals surface area contributed by atoms with E-state index in [-0.39, 0.29) is 5.75 Å². The highest BCUT2D eigenvalue weighted by molar-refractivity contribution is 5.43. The van der Waals surface area contributed by atoms with E-state index in [0.29, 0.717) is 38.1 Å². The van der Waals surface area contributed by atoms with Gasteiger partial charge in [-0.3, -0.25) is 4.90 Å². The van der Waals surface area contributed by atoms with Gasteiger partial charge in [0.25, 0.3) is 0 Å². The molecule has 0 spiro atoms. The minimum Gasteiger partial charge on any atom is -0.435 e. The SMILES string of the molecule is CCOC[C@H](O)CN(Cc1c(C)nn(-c2ccccc2)c1Oc1ccccc1F)CC1CC1. The Hall–Kier alpha value is -2.74. The molecule has 1 heterocycles. The number of aliphatic hydroxyl groups excluding tert-OH is 1. The fourth-order valence-corrected chi connectivity index (χ4v) is 3.90. The molecule has 1 fully saturated rings. The molecule has 2 aromatic carbocycles. The van der Waals surface area contributed by atoms with Crippen molar-refractivity contribution in [2.45, 2.75) is 39.3 Å². The van der Waals surface area contributed by atoms with Gasteiger partial charge in [-0.05, 0) is 56.9 Å². The summed E-state index contributed by atoms with van der Waals surface area (Å²) in [4.78, 5) is 2.23. The average Bonchev–Trinajstić information content (AvgIpc) is 3.58. The molecule has 0 amide bonds. The van der Waals surface area contributed by atoms with Gasteiger partial charge in [0.15, 0.2) is 11.6 Å². The topological polar surface area (TPSA) is 59.8 Å². The number of aromatic nitrogens is 2. The van der Waals surface area contributed by atoms with Crippen LogP contribution in [0.25, 0.3) is 5.69 Å². The largest absolute Gasteiger partial charge is 0.435 e. The van der Waals surface area contributed by atoms with Gasteiger partial charge in [0.05, 0.1) is 29.7 Å². The Balaban J connectivity index is 1.66. The molecular weight excluding hydrogens is 421 g/mol. The zero-order valence-electron chi connectivity index (χ0n) is 19.3. The predicted molar refractivity (Wildman–Crippen MR) is 125 cm³/mol. The number of aryl methyl sites for hydroxylation is 1. The maximum atomic E-state index is 14.5. The molecule has 1 saturated carbocycles. The molecule has 3 aromatic rings. The summed E-state index contributed by atoms with van der Waals surface area (Å²) in [5.74, 6) is 0.860. The highest BCUT2D eigenvalue weighted by atomic mass is 19.1. The van der Waals surface area contributed by atoms with Crippen LogP contribution in [-0.4, -0.2) is 52.2 Å². The normalized spacial score (nSPS) is 14.6. The molecule has 1 aromatic heterocycles. The van der Waals surface area contributed by atoms with Crippen molar-refractivity contribution < 1.29 is 19.0 Å². The predicted octanol–water partition coefficient (Wildman–Crippen LogP) is 4.72. The summed E-state index contributed by atoms with van der Waals surface area (Å²) in [7, 11) is 0. The number of para-hydroxylation sites is 2. The van der Waals surface area contributed by atoms with Crippen molar-refractivity contribution in [3.63, 3.8) is 0 Å². The van der Waals surface area contributed by atoms with E-state index < -0.39 is 11.9 Å². The van der Waals surface area contributed by atoms with E-state index in [1.54, 1.807) is 22.9 Å². The van der Waals surface area contributed by atoms with Crippen LogP contribution in [-0.2, 0) is 11.3 Å². The van der Waals surface area contributed by atoms with Gasteiger partial charge >= 0.3 is 0 Å². The highest BCUT2D eigenvalue weighted by Crippen LogP contribution is 2.34. The van der Waals surface area contributed by atoms with Crippen LogP contribution in [0.5, 0.6) is 11.6 Å². The first-order valence-corrected chi connectivity index (χ1v) is 11.6. The van der Waals surface area contributed by atoms with Gasteiger partial charge < -0.3 is 14.6 Å². The minimum atomic E-state index is -0.580. The maximum absolute atomic E-state index is 14.5. The Labute approximate surface area is 194 Å². The molecule has 33 heavy (non-hydrogen) atoms. The van der Waals surface area contributed by atoms with E-state index in [9.17, 15) is 9.50 Å². The first kappa shape index (κ1) is 23.4. The van der Waals surface area contributed by atoms with Crippen LogP contribution in [0, 0.1) is 18.7 Å². The fraction of sp³-hybridized carbons (Fsp3) is 0.423. The number of rotatable bonds is 12. The molecule has 0 unspecified atom stereocenters. The lowest BCUT2D eigenvalue weighted by Gasteiger charge is -2.25. The lowest BCUT2D eigenvalue weighted by atomic mass is 10.2. The van der Waals surface area contributed by atoms with E-state index >= 15 is 0 Å². The third-order valence-electron chi connectivity index (χ3n) is 5.76. The second-order valence-corrected chi connectivity index (χ2v) is 8.60. The lowest BCUT2D eigenvalue weighted by Crippen LogP contribution is -2.36. The van der Waals surface area contributed by atoms with Crippen LogP contribution < -0.4 is 4.74 Å². The Kier molecular flexibility index (Phi) is 7.75. The molecular formula is C26H32FN3O3. The second-order valence-electron chi connectivity index (χ2n) is 8.60. The Morgan fingerprint density at radius 3 is 2.58 bits per heavy atom. The Morgan fingerprint density at radius 2 is 1.88 bits per heavy atom. The van der Waals surface area contributed by atoms with Crippen LogP contribution in [0.1, 0.15) is 31.0 Å².